The van der Waals surface area contributed by atoms with E-state index >= 15 is 0 Å². The second kappa shape index (κ2) is 9.52. The summed E-state index contributed by atoms with van der Waals surface area (Å²) in [6.45, 7) is 6.48. The second-order valence-corrected chi connectivity index (χ2v) is 6.83. The van der Waals surface area contributed by atoms with Crippen molar-refractivity contribution in [3.8, 4) is 5.75 Å². The predicted octanol–water partition coefficient (Wildman–Crippen LogP) is 4.90. The first-order chi connectivity index (χ1) is 13.6. The molecule has 146 valence electrons. The van der Waals surface area contributed by atoms with Crippen molar-refractivity contribution in [2.75, 3.05) is 18.0 Å². The molecule has 1 aromatic heterocycles. The van der Waals surface area contributed by atoms with Crippen LogP contribution in [-0.4, -0.2) is 34.2 Å². The molecule has 3 aromatic rings. The van der Waals surface area contributed by atoms with E-state index in [4.69, 9.17) is 28.6 Å². The van der Waals surface area contributed by atoms with Crippen molar-refractivity contribution in [1.82, 2.24) is 14.9 Å². The van der Waals surface area contributed by atoms with Gasteiger partial charge >= 0.3 is 0 Å². The summed E-state index contributed by atoms with van der Waals surface area (Å²) in [6, 6.07) is 15.4. The van der Waals surface area contributed by atoms with Crippen molar-refractivity contribution in [3.05, 3.63) is 69.7 Å². The lowest BCUT2D eigenvalue weighted by Gasteiger charge is -2.20. The van der Waals surface area contributed by atoms with Crippen molar-refractivity contribution in [1.29, 1.82) is 0 Å². The Bertz CT molecular complexity index is 975. The molecule has 8 heteroatoms. The van der Waals surface area contributed by atoms with Crippen molar-refractivity contribution in [2.24, 2.45) is 5.10 Å². The molecule has 0 saturated carbocycles. The van der Waals surface area contributed by atoms with Gasteiger partial charge in [0.2, 0.25) is 4.77 Å². The summed E-state index contributed by atoms with van der Waals surface area (Å²) in [5.41, 5.74) is 2.17. The zero-order valence-electron chi connectivity index (χ0n) is 15.8. The zero-order chi connectivity index (χ0) is 19.9. The molecule has 0 fully saturated rings. The molecular formula is C20H22ClN5OS. The largest absolute Gasteiger partial charge is 0.486 e. The molecule has 6 nitrogen and oxygen atoms in total. The molecule has 0 atom stereocenters. The maximum Gasteiger partial charge on any atom is 0.216 e. The Labute approximate surface area is 174 Å². The van der Waals surface area contributed by atoms with Crippen LogP contribution >= 0.6 is 23.8 Å². The molecule has 1 N–H and O–H groups in total. The number of benzene rings is 2. The number of nitrogens with one attached hydrogen (secondary N) is 1. The molecule has 0 spiro atoms. The zero-order valence-corrected chi connectivity index (χ0v) is 17.4. The monoisotopic (exact) mass is 415 g/mol. The molecule has 0 amide bonds. The number of aromatic amines is 1. The van der Waals surface area contributed by atoms with Gasteiger partial charge in [-0.25, -0.2) is 5.10 Å². The Morgan fingerprint density at radius 1 is 1.14 bits per heavy atom. The first-order valence-corrected chi connectivity index (χ1v) is 9.83. The third-order valence-electron chi connectivity index (χ3n) is 4.24. The van der Waals surface area contributed by atoms with Crippen LogP contribution in [0.3, 0.4) is 0 Å². The maximum atomic E-state index is 5.89. The average molecular weight is 416 g/mol. The van der Waals surface area contributed by atoms with E-state index in [1.807, 2.05) is 12.1 Å². The number of ether oxygens (including phenoxy) is 1. The van der Waals surface area contributed by atoms with Gasteiger partial charge in [0.15, 0.2) is 5.82 Å². The van der Waals surface area contributed by atoms with Crippen molar-refractivity contribution < 1.29 is 4.74 Å². The number of nitrogens with zero attached hydrogens (tertiary/aromatic N) is 4. The van der Waals surface area contributed by atoms with Crippen LogP contribution in [0.25, 0.3) is 0 Å². The van der Waals surface area contributed by atoms with Crippen molar-refractivity contribution in [3.63, 3.8) is 0 Å². The van der Waals surface area contributed by atoms with E-state index in [0.29, 0.717) is 21.4 Å². The summed E-state index contributed by atoms with van der Waals surface area (Å²) in [4.78, 5) is 2.29. The molecule has 0 unspecified atom stereocenters. The first-order valence-electron chi connectivity index (χ1n) is 9.04. The van der Waals surface area contributed by atoms with E-state index in [1.54, 1.807) is 35.2 Å². The van der Waals surface area contributed by atoms with Gasteiger partial charge in [-0.05, 0) is 68.0 Å². The molecule has 0 radical (unpaired) electrons. The summed E-state index contributed by atoms with van der Waals surface area (Å²) < 4.78 is 7.70. The fraction of sp³-hybridized carbons (Fsp3) is 0.250. The quantitative estimate of drug-likeness (QED) is 0.420. The third-order valence-corrected chi connectivity index (χ3v) is 4.76. The minimum atomic E-state index is 0.229. The molecule has 28 heavy (non-hydrogen) atoms. The summed E-state index contributed by atoms with van der Waals surface area (Å²) in [6.07, 6.45) is 1.75. The van der Waals surface area contributed by atoms with Gasteiger partial charge in [-0.3, -0.25) is 0 Å². The summed E-state index contributed by atoms with van der Waals surface area (Å²) in [5, 5.41) is 12.1. The van der Waals surface area contributed by atoms with Crippen LogP contribution in [0, 0.1) is 4.77 Å². The van der Waals surface area contributed by atoms with Gasteiger partial charge in [0.1, 0.15) is 12.4 Å². The first kappa shape index (κ1) is 20.1. The Morgan fingerprint density at radius 3 is 2.46 bits per heavy atom. The van der Waals surface area contributed by atoms with Crippen LogP contribution < -0.4 is 9.64 Å². The minimum Gasteiger partial charge on any atom is -0.486 e. The van der Waals surface area contributed by atoms with Crippen LogP contribution in [0.5, 0.6) is 5.75 Å². The van der Waals surface area contributed by atoms with Gasteiger partial charge in [-0.1, -0.05) is 23.7 Å². The normalized spacial score (nSPS) is 11.1. The molecule has 0 bridgehead atoms. The molecule has 1 heterocycles. The fourth-order valence-electron chi connectivity index (χ4n) is 2.70. The average Bonchev–Trinajstić information content (AvgIpc) is 3.07. The number of halogens is 1. The molecule has 0 aliphatic carbocycles. The van der Waals surface area contributed by atoms with Crippen molar-refractivity contribution in [2.45, 2.75) is 20.5 Å². The Balaban J connectivity index is 1.71. The molecule has 2 aromatic carbocycles. The Kier molecular flexibility index (Phi) is 6.84. The van der Waals surface area contributed by atoms with Gasteiger partial charge in [0.25, 0.3) is 0 Å². The lowest BCUT2D eigenvalue weighted by atomic mass is 10.2. The number of rotatable bonds is 8. The van der Waals surface area contributed by atoms with Crippen LogP contribution in [-0.2, 0) is 6.61 Å². The summed E-state index contributed by atoms with van der Waals surface area (Å²) in [5.74, 6) is 1.27. The van der Waals surface area contributed by atoms with Crippen LogP contribution in [0.1, 0.15) is 25.2 Å². The van der Waals surface area contributed by atoms with Gasteiger partial charge in [0, 0.05) is 23.8 Å². The number of hydrogen-bond acceptors (Lipinski definition) is 5. The SMILES string of the molecule is CCN(CC)c1ccc(/C=N\n2c(COc3ccc(Cl)cc3)n[nH]c2=S)cc1. The number of anilines is 1. The minimum absolute atomic E-state index is 0.229. The molecule has 3 rings (SSSR count). The molecular weight excluding hydrogens is 394 g/mol. The Morgan fingerprint density at radius 2 is 1.82 bits per heavy atom. The highest BCUT2D eigenvalue weighted by molar-refractivity contribution is 7.71. The van der Waals surface area contributed by atoms with E-state index in [1.165, 1.54) is 5.69 Å². The van der Waals surface area contributed by atoms with E-state index in [9.17, 15) is 0 Å². The highest BCUT2D eigenvalue weighted by Gasteiger charge is 2.06. The van der Waals surface area contributed by atoms with E-state index in [-0.39, 0.29) is 6.61 Å². The third kappa shape index (κ3) is 4.99. The van der Waals surface area contributed by atoms with Crippen LogP contribution in [0.15, 0.2) is 53.6 Å². The second-order valence-electron chi connectivity index (χ2n) is 6.01. The van der Waals surface area contributed by atoms with Gasteiger partial charge < -0.3 is 9.64 Å². The van der Waals surface area contributed by atoms with Crippen LogP contribution in [0.4, 0.5) is 5.69 Å². The molecule has 0 aliphatic rings. The number of aromatic nitrogens is 3. The highest BCUT2D eigenvalue weighted by Crippen LogP contribution is 2.17. The lowest BCUT2D eigenvalue weighted by molar-refractivity contribution is 0.290. The van der Waals surface area contributed by atoms with Gasteiger partial charge in [0.05, 0.1) is 6.21 Å². The summed E-state index contributed by atoms with van der Waals surface area (Å²) in [7, 11) is 0. The molecule has 0 aliphatic heterocycles. The van der Waals surface area contributed by atoms with Gasteiger partial charge in [-0.15, -0.1) is 0 Å². The van der Waals surface area contributed by atoms with E-state index in [0.717, 1.165) is 18.7 Å². The van der Waals surface area contributed by atoms with Crippen LogP contribution in [0.2, 0.25) is 5.02 Å². The topological polar surface area (TPSA) is 58.4 Å². The predicted molar refractivity (Wildman–Crippen MR) is 116 cm³/mol. The van der Waals surface area contributed by atoms with E-state index < -0.39 is 0 Å². The van der Waals surface area contributed by atoms with Crippen molar-refractivity contribution >= 4 is 35.7 Å². The number of H-pyrrole nitrogens is 1. The van der Waals surface area contributed by atoms with Gasteiger partial charge in [-0.2, -0.15) is 14.9 Å². The standard InChI is InChI=1S/C20H22ClN5OS/c1-3-25(4-2)17-9-5-15(6-10-17)13-22-26-19(23-24-20(26)28)14-27-18-11-7-16(21)8-12-18/h5-13H,3-4,14H2,1-2H3,(H,24,28)/b22-13-. The van der Waals surface area contributed by atoms with E-state index in [2.05, 4.69) is 46.2 Å². The smallest absolute Gasteiger partial charge is 0.216 e. The maximum absolute atomic E-state index is 5.89. The summed E-state index contributed by atoms with van der Waals surface area (Å²) >= 11 is 11.2. The Hall–Kier alpha value is -2.64. The lowest BCUT2D eigenvalue weighted by Crippen LogP contribution is -2.21. The number of hydrogen-bond donors (Lipinski definition) is 1. The molecule has 0 saturated heterocycles. The highest BCUT2D eigenvalue weighted by atomic mass is 35.5. The fourth-order valence-corrected chi connectivity index (χ4v) is 3.02.